The third-order valence-electron chi connectivity index (χ3n) is 4.31. The molecule has 0 aliphatic rings. The summed E-state index contributed by atoms with van der Waals surface area (Å²) in [4.78, 5) is 28.7. The zero-order valence-electron chi connectivity index (χ0n) is 15.4. The number of imidazole rings is 1. The number of benzene rings is 2. The van der Waals surface area contributed by atoms with Crippen LogP contribution in [0.2, 0.25) is 0 Å². The van der Waals surface area contributed by atoms with E-state index in [0.717, 1.165) is 0 Å². The van der Waals surface area contributed by atoms with E-state index in [1.807, 2.05) is 6.07 Å². The molecule has 0 aliphatic carbocycles. The Morgan fingerprint density at radius 1 is 1.11 bits per heavy atom. The molecule has 2 N–H and O–H groups in total. The second-order valence-corrected chi connectivity index (χ2v) is 6.29. The Balaban J connectivity index is 1.64. The Kier molecular flexibility index (Phi) is 6.16. The van der Waals surface area contributed by atoms with Crippen LogP contribution in [0, 0.1) is 5.82 Å². The molecular formula is C21H21FN4O2. The molecule has 3 aromatic rings. The summed E-state index contributed by atoms with van der Waals surface area (Å²) >= 11 is 0. The molecule has 2 amide bonds. The average molecular weight is 380 g/mol. The van der Waals surface area contributed by atoms with Gasteiger partial charge in [-0.15, -0.1) is 0 Å². The molecule has 0 aliphatic heterocycles. The van der Waals surface area contributed by atoms with E-state index < -0.39 is 11.9 Å². The zero-order chi connectivity index (χ0) is 19.9. The molecule has 2 aromatic carbocycles. The molecule has 28 heavy (non-hydrogen) atoms. The number of amides is 2. The summed E-state index contributed by atoms with van der Waals surface area (Å²) in [6.45, 7) is 0.171. The van der Waals surface area contributed by atoms with Crippen molar-refractivity contribution in [2.75, 3.05) is 6.54 Å². The van der Waals surface area contributed by atoms with Crippen molar-refractivity contribution >= 4 is 11.8 Å². The van der Waals surface area contributed by atoms with Gasteiger partial charge in [0.05, 0.1) is 0 Å². The summed E-state index contributed by atoms with van der Waals surface area (Å²) in [7, 11) is 1.78. The number of aryl methyl sites for hydroxylation is 1. The van der Waals surface area contributed by atoms with E-state index in [0.29, 0.717) is 17.0 Å². The van der Waals surface area contributed by atoms with Gasteiger partial charge in [-0.1, -0.05) is 36.4 Å². The fourth-order valence-corrected chi connectivity index (χ4v) is 2.86. The Morgan fingerprint density at radius 2 is 1.82 bits per heavy atom. The lowest BCUT2D eigenvalue weighted by atomic mass is 10.1. The lowest BCUT2D eigenvalue weighted by Crippen LogP contribution is -2.34. The number of carbonyl (C=O) groups is 2. The predicted octanol–water partition coefficient (Wildman–Crippen LogP) is 2.58. The first-order chi connectivity index (χ1) is 13.6. The second kappa shape index (κ2) is 8.94. The van der Waals surface area contributed by atoms with Gasteiger partial charge in [0.15, 0.2) is 0 Å². The highest BCUT2D eigenvalue weighted by Gasteiger charge is 2.23. The van der Waals surface area contributed by atoms with Gasteiger partial charge in [0.1, 0.15) is 17.7 Å². The van der Waals surface area contributed by atoms with Gasteiger partial charge in [-0.2, -0.15) is 0 Å². The van der Waals surface area contributed by atoms with Gasteiger partial charge in [-0.3, -0.25) is 9.59 Å². The van der Waals surface area contributed by atoms with Crippen LogP contribution < -0.4 is 10.6 Å². The first-order valence-corrected chi connectivity index (χ1v) is 8.90. The van der Waals surface area contributed by atoms with Crippen molar-refractivity contribution in [3.63, 3.8) is 0 Å². The third kappa shape index (κ3) is 4.62. The van der Waals surface area contributed by atoms with Crippen molar-refractivity contribution in [1.82, 2.24) is 20.2 Å². The maximum absolute atomic E-state index is 14.3. The van der Waals surface area contributed by atoms with Gasteiger partial charge in [0.2, 0.25) is 5.91 Å². The maximum Gasteiger partial charge on any atom is 0.251 e. The minimum Gasteiger partial charge on any atom is -0.352 e. The maximum atomic E-state index is 14.3. The average Bonchev–Trinajstić information content (AvgIpc) is 3.13. The van der Waals surface area contributed by atoms with Crippen LogP contribution in [0.25, 0.3) is 0 Å². The summed E-state index contributed by atoms with van der Waals surface area (Å²) in [5.74, 6) is -0.465. The van der Waals surface area contributed by atoms with Crippen LogP contribution >= 0.6 is 0 Å². The summed E-state index contributed by atoms with van der Waals surface area (Å²) in [6, 6.07) is 14.3. The monoisotopic (exact) mass is 380 g/mol. The van der Waals surface area contributed by atoms with Crippen LogP contribution in [0.1, 0.15) is 34.2 Å². The Morgan fingerprint density at radius 3 is 2.50 bits per heavy atom. The molecule has 1 atom stereocenters. The second-order valence-electron chi connectivity index (χ2n) is 6.29. The van der Waals surface area contributed by atoms with Crippen molar-refractivity contribution in [3.8, 4) is 0 Å². The standard InChI is InChI=1S/C21H21FN4O2/c1-26-14-13-23-20(26)19(16-9-5-6-10-17(16)22)25-18(27)11-12-24-21(28)15-7-3-2-4-8-15/h2-10,13-14,19H,11-12H2,1H3,(H,24,28)(H,25,27)/t19-/m1/s1. The van der Waals surface area contributed by atoms with Crippen molar-refractivity contribution < 1.29 is 14.0 Å². The number of hydrogen-bond acceptors (Lipinski definition) is 3. The fraction of sp³-hybridized carbons (Fsp3) is 0.190. The SMILES string of the molecule is Cn1ccnc1[C@H](NC(=O)CCNC(=O)c1ccccc1)c1ccccc1F. The molecule has 1 aromatic heterocycles. The smallest absolute Gasteiger partial charge is 0.251 e. The molecule has 0 spiro atoms. The number of rotatable bonds is 7. The predicted molar refractivity (Wildman–Crippen MR) is 103 cm³/mol. The number of nitrogens with zero attached hydrogens (tertiary/aromatic N) is 2. The zero-order valence-corrected chi connectivity index (χ0v) is 15.4. The summed E-state index contributed by atoms with van der Waals surface area (Å²) in [5.41, 5.74) is 0.860. The molecule has 0 unspecified atom stereocenters. The molecular weight excluding hydrogens is 359 g/mol. The van der Waals surface area contributed by atoms with Crippen LogP contribution in [0.4, 0.5) is 4.39 Å². The van der Waals surface area contributed by atoms with Gasteiger partial charge in [-0.25, -0.2) is 9.37 Å². The normalized spacial score (nSPS) is 11.6. The number of carbonyl (C=O) groups excluding carboxylic acids is 2. The third-order valence-corrected chi connectivity index (χ3v) is 4.31. The van der Waals surface area contributed by atoms with Crippen molar-refractivity contribution in [2.24, 2.45) is 7.05 Å². The molecule has 0 fully saturated rings. The highest BCUT2D eigenvalue weighted by atomic mass is 19.1. The minimum absolute atomic E-state index is 0.0634. The molecule has 6 nitrogen and oxygen atoms in total. The highest BCUT2D eigenvalue weighted by Crippen LogP contribution is 2.23. The van der Waals surface area contributed by atoms with Crippen molar-refractivity contribution in [2.45, 2.75) is 12.5 Å². The highest BCUT2D eigenvalue weighted by molar-refractivity contribution is 5.94. The first kappa shape index (κ1) is 19.3. The van der Waals surface area contributed by atoms with E-state index in [-0.39, 0.29) is 24.8 Å². The molecule has 144 valence electrons. The van der Waals surface area contributed by atoms with Gasteiger partial charge >= 0.3 is 0 Å². The molecule has 0 saturated heterocycles. The van der Waals surface area contributed by atoms with E-state index in [1.54, 1.807) is 66.5 Å². The molecule has 0 radical (unpaired) electrons. The first-order valence-electron chi connectivity index (χ1n) is 8.90. The summed E-state index contributed by atoms with van der Waals surface area (Å²) in [5, 5.41) is 5.52. The molecule has 7 heteroatoms. The lowest BCUT2D eigenvalue weighted by molar-refractivity contribution is -0.121. The van der Waals surface area contributed by atoms with Crippen LogP contribution in [-0.4, -0.2) is 27.9 Å². The van der Waals surface area contributed by atoms with Crippen molar-refractivity contribution in [3.05, 3.63) is 89.8 Å². The number of hydrogen-bond donors (Lipinski definition) is 2. The minimum atomic E-state index is -0.724. The lowest BCUT2D eigenvalue weighted by Gasteiger charge is -2.20. The van der Waals surface area contributed by atoms with Gasteiger partial charge in [0.25, 0.3) is 5.91 Å². The van der Waals surface area contributed by atoms with E-state index >= 15 is 0 Å². The van der Waals surface area contributed by atoms with Crippen LogP contribution in [0.15, 0.2) is 67.0 Å². The summed E-state index contributed by atoms with van der Waals surface area (Å²) < 4.78 is 16.0. The molecule has 3 rings (SSSR count). The van der Waals surface area contributed by atoms with E-state index in [9.17, 15) is 14.0 Å². The van der Waals surface area contributed by atoms with Gasteiger partial charge < -0.3 is 15.2 Å². The van der Waals surface area contributed by atoms with Crippen molar-refractivity contribution in [1.29, 1.82) is 0 Å². The fourth-order valence-electron chi connectivity index (χ4n) is 2.86. The van der Waals surface area contributed by atoms with E-state index in [2.05, 4.69) is 15.6 Å². The van der Waals surface area contributed by atoms with Crippen LogP contribution in [0.3, 0.4) is 0 Å². The number of nitrogens with one attached hydrogen (secondary N) is 2. The van der Waals surface area contributed by atoms with Crippen LogP contribution in [-0.2, 0) is 11.8 Å². The topological polar surface area (TPSA) is 76.0 Å². The molecule has 0 bridgehead atoms. The van der Waals surface area contributed by atoms with E-state index in [4.69, 9.17) is 0 Å². The number of aromatic nitrogens is 2. The summed E-state index contributed by atoms with van der Waals surface area (Å²) in [6.07, 6.45) is 3.39. The van der Waals surface area contributed by atoms with E-state index in [1.165, 1.54) is 6.07 Å². The number of halogens is 1. The van der Waals surface area contributed by atoms with Crippen LogP contribution in [0.5, 0.6) is 0 Å². The quantitative estimate of drug-likeness (QED) is 0.662. The Bertz CT molecular complexity index is 956. The Labute approximate surface area is 162 Å². The Hall–Kier alpha value is -3.48. The van der Waals surface area contributed by atoms with Gasteiger partial charge in [0, 0.05) is 43.5 Å². The van der Waals surface area contributed by atoms with Gasteiger partial charge in [-0.05, 0) is 18.2 Å². The molecule has 0 saturated carbocycles. The largest absolute Gasteiger partial charge is 0.352 e. The molecule has 1 heterocycles.